The van der Waals surface area contributed by atoms with Crippen LogP contribution >= 0.6 is 0 Å². The molecule has 0 aromatic heterocycles. The molecule has 0 radical (unpaired) electrons. The van der Waals surface area contributed by atoms with Crippen LogP contribution in [0.5, 0.6) is 23.0 Å². The smallest absolute Gasteiger partial charge is 0.245 e. The minimum atomic E-state index is -3.70. The maximum absolute atomic E-state index is 12.6. The first kappa shape index (κ1) is 18.2. The molecule has 2 heterocycles. The Bertz CT molecular complexity index is 1020. The molecule has 1 amide bonds. The van der Waals surface area contributed by atoms with Gasteiger partial charge in [-0.15, -0.1) is 0 Å². The second kappa shape index (κ2) is 7.12. The monoisotopic (exact) mass is 406 g/mol. The Kier molecular flexibility index (Phi) is 4.63. The lowest BCUT2D eigenvalue weighted by molar-refractivity contribution is -0.114. The van der Waals surface area contributed by atoms with Crippen molar-refractivity contribution < 1.29 is 32.2 Å². The van der Waals surface area contributed by atoms with Crippen molar-refractivity contribution >= 4 is 27.3 Å². The standard InChI is InChI=1S/C18H18N2O7S/c1-2-28(22,23)20(13-4-6-15-17(8-13)27-11-25-15)9-18(21)19-12-3-5-14-16(7-12)26-10-24-14/h3-8H,2,9-11H2,1H3,(H,19,21). The molecule has 2 aliphatic rings. The van der Waals surface area contributed by atoms with Crippen LogP contribution in [0, 0.1) is 0 Å². The van der Waals surface area contributed by atoms with E-state index in [1.165, 1.54) is 6.92 Å². The van der Waals surface area contributed by atoms with Gasteiger partial charge in [0, 0.05) is 17.8 Å². The molecule has 0 atom stereocenters. The summed E-state index contributed by atoms with van der Waals surface area (Å²) >= 11 is 0. The molecule has 2 aromatic carbocycles. The van der Waals surface area contributed by atoms with Crippen LogP contribution in [0.25, 0.3) is 0 Å². The number of fused-ring (bicyclic) bond motifs is 2. The molecule has 0 bridgehead atoms. The second-order valence-electron chi connectivity index (χ2n) is 6.06. The number of ether oxygens (including phenoxy) is 4. The van der Waals surface area contributed by atoms with Crippen LogP contribution in [0.15, 0.2) is 36.4 Å². The minimum Gasteiger partial charge on any atom is -0.454 e. The van der Waals surface area contributed by atoms with Crippen LogP contribution < -0.4 is 28.6 Å². The Labute approximate surface area is 161 Å². The molecule has 1 N–H and O–H groups in total. The topological polar surface area (TPSA) is 103 Å². The van der Waals surface area contributed by atoms with E-state index in [-0.39, 0.29) is 25.9 Å². The highest BCUT2D eigenvalue weighted by atomic mass is 32.2. The van der Waals surface area contributed by atoms with Gasteiger partial charge < -0.3 is 24.3 Å². The summed E-state index contributed by atoms with van der Waals surface area (Å²) in [5.41, 5.74) is 0.806. The molecule has 28 heavy (non-hydrogen) atoms. The van der Waals surface area contributed by atoms with Crippen LogP contribution in [0.2, 0.25) is 0 Å². The normalized spacial score (nSPS) is 14.0. The fraction of sp³-hybridized carbons (Fsp3) is 0.278. The Hall–Kier alpha value is -3.14. The minimum absolute atomic E-state index is 0.0733. The number of nitrogens with zero attached hydrogens (tertiary/aromatic N) is 1. The van der Waals surface area contributed by atoms with Gasteiger partial charge in [0.05, 0.1) is 11.4 Å². The molecular formula is C18H18N2O7S. The summed E-state index contributed by atoms with van der Waals surface area (Å²) in [6, 6.07) is 9.70. The summed E-state index contributed by atoms with van der Waals surface area (Å²) in [7, 11) is -3.70. The van der Waals surface area contributed by atoms with Crippen molar-refractivity contribution in [1.82, 2.24) is 0 Å². The zero-order chi connectivity index (χ0) is 19.7. The quantitative estimate of drug-likeness (QED) is 0.782. The summed E-state index contributed by atoms with van der Waals surface area (Å²) in [5.74, 6) is 1.43. The summed E-state index contributed by atoms with van der Waals surface area (Å²) in [6.07, 6.45) is 0. The zero-order valence-electron chi connectivity index (χ0n) is 15.0. The van der Waals surface area contributed by atoms with Gasteiger partial charge in [0.2, 0.25) is 29.5 Å². The van der Waals surface area contributed by atoms with Gasteiger partial charge in [-0.3, -0.25) is 9.10 Å². The van der Waals surface area contributed by atoms with E-state index in [1.807, 2.05) is 0 Å². The van der Waals surface area contributed by atoms with Crippen molar-refractivity contribution in [3.05, 3.63) is 36.4 Å². The number of anilines is 2. The average molecular weight is 406 g/mol. The number of benzene rings is 2. The third-order valence-electron chi connectivity index (χ3n) is 4.29. The number of rotatable bonds is 6. The number of amides is 1. The molecular weight excluding hydrogens is 388 g/mol. The third kappa shape index (κ3) is 3.50. The van der Waals surface area contributed by atoms with Gasteiger partial charge in [0.15, 0.2) is 23.0 Å². The number of hydrogen-bond donors (Lipinski definition) is 1. The molecule has 148 valence electrons. The molecule has 10 heteroatoms. The molecule has 0 saturated carbocycles. The van der Waals surface area contributed by atoms with Gasteiger partial charge in [-0.05, 0) is 31.2 Å². The van der Waals surface area contributed by atoms with Crippen molar-refractivity contribution in [2.45, 2.75) is 6.92 Å². The third-order valence-corrected chi connectivity index (χ3v) is 6.03. The molecule has 2 aromatic rings. The molecule has 0 unspecified atom stereocenters. The van der Waals surface area contributed by atoms with Crippen LogP contribution in [0.3, 0.4) is 0 Å². The van der Waals surface area contributed by atoms with E-state index in [1.54, 1.807) is 36.4 Å². The first-order chi connectivity index (χ1) is 13.5. The second-order valence-corrected chi connectivity index (χ2v) is 8.24. The molecule has 9 nitrogen and oxygen atoms in total. The van der Waals surface area contributed by atoms with Crippen LogP contribution in [0.1, 0.15) is 6.92 Å². The van der Waals surface area contributed by atoms with Crippen molar-refractivity contribution in [3.63, 3.8) is 0 Å². The van der Waals surface area contributed by atoms with Crippen molar-refractivity contribution in [2.75, 3.05) is 35.5 Å². The number of nitrogens with one attached hydrogen (secondary N) is 1. The molecule has 0 spiro atoms. The van der Waals surface area contributed by atoms with E-state index in [0.29, 0.717) is 34.4 Å². The maximum atomic E-state index is 12.6. The lowest BCUT2D eigenvalue weighted by atomic mass is 10.2. The molecule has 0 aliphatic carbocycles. The Morgan fingerprint density at radius 3 is 2.25 bits per heavy atom. The number of sulfonamides is 1. The van der Waals surface area contributed by atoms with E-state index >= 15 is 0 Å². The predicted octanol–water partition coefficient (Wildman–Crippen LogP) is 1.94. The first-order valence-electron chi connectivity index (χ1n) is 8.56. The van der Waals surface area contributed by atoms with Gasteiger partial charge in [-0.2, -0.15) is 0 Å². The molecule has 2 aliphatic heterocycles. The van der Waals surface area contributed by atoms with E-state index in [0.717, 1.165) is 4.31 Å². The summed E-state index contributed by atoms with van der Waals surface area (Å²) in [4.78, 5) is 12.5. The highest BCUT2D eigenvalue weighted by Crippen LogP contribution is 2.36. The molecule has 0 fully saturated rings. The Morgan fingerprint density at radius 1 is 0.964 bits per heavy atom. The lowest BCUT2D eigenvalue weighted by Crippen LogP contribution is -2.39. The fourth-order valence-corrected chi connectivity index (χ4v) is 3.91. The SMILES string of the molecule is CCS(=O)(=O)N(CC(=O)Nc1ccc2c(c1)OCO2)c1ccc2c(c1)OCO2. The van der Waals surface area contributed by atoms with Gasteiger partial charge in [0.1, 0.15) is 6.54 Å². The lowest BCUT2D eigenvalue weighted by Gasteiger charge is -2.23. The maximum Gasteiger partial charge on any atom is 0.245 e. The number of carbonyl (C=O) groups excluding carboxylic acids is 1. The van der Waals surface area contributed by atoms with Crippen LogP contribution in [-0.4, -0.2) is 40.2 Å². The number of hydrogen-bond acceptors (Lipinski definition) is 7. The summed E-state index contributed by atoms with van der Waals surface area (Å²) in [6.45, 7) is 1.33. The van der Waals surface area contributed by atoms with Gasteiger partial charge in [-0.25, -0.2) is 8.42 Å². The van der Waals surface area contributed by atoms with E-state index in [2.05, 4.69) is 5.32 Å². The van der Waals surface area contributed by atoms with Gasteiger partial charge in [-0.1, -0.05) is 0 Å². The largest absolute Gasteiger partial charge is 0.454 e. The predicted molar refractivity (Wildman–Crippen MR) is 101 cm³/mol. The Morgan fingerprint density at radius 2 is 1.57 bits per heavy atom. The van der Waals surface area contributed by atoms with Gasteiger partial charge >= 0.3 is 0 Å². The van der Waals surface area contributed by atoms with Crippen molar-refractivity contribution in [3.8, 4) is 23.0 Å². The highest BCUT2D eigenvalue weighted by molar-refractivity contribution is 7.92. The Balaban J connectivity index is 1.55. The van der Waals surface area contributed by atoms with E-state index < -0.39 is 15.9 Å². The van der Waals surface area contributed by atoms with E-state index in [9.17, 15) is 13.2 Å². The van der Waals surface area contributed by atoms with E-state index in [4.69, 9.17) is 18.9 Å². The van der Waals surface area contributed by atoms with Crippen LogP contribution in [0.4, 0.5) is 11.4 Å². The molecule has 4 rings (SSSR count). The number of carbonyl (C=O) groups is 1. The van der Waals surface area contributed by atoms with Crippen molar-refractivity contribution in [2.24, 2.45) is 0 Å². The highest BCUT2D eigenvalue weighted by Gasteiger charge is 2.26. The summed E-state index contributed by atoms with van der Waals surface area (Å²) in [5, 5.41) is 2.68. The van der Waals surface area contributed by atoms with Crippen molar-refractivity contribution in [1.29, 1.82) is 0 Å². The first-order valence-corrected chi connectivity index (χ1v) is 10.2. The summed E-state index contributed by atoms with van der Waals surface area (Å²) < 4.78 is 47.3. The van der Waals surface area contributed by atoms with Gasteiger partial charge in [0.25, 0.3) is 0 Å². The average Bonchev–Trinajstić information content (AvgIpc) is 3.34. The zero-order valence-corrected chi connectivity index (χ0v) is 15.8. The fourth-order valence-electron chi connectivity index (χ4n) is 2.85. The molecule has 0 saturated heterocycles. The van der Waals surface area contributed by atoms with Crippen LogP contribution in [-0.2, 0) is 14.8 Å².